The van der Waals surface area contributed by atoms with Crippen molar-refractivity contribution >= 4 is 26.8 Å². The third kappa shape index (κ3) is 2.42. The molecule has 2 aromatic heterocycles. The zero-order valence-electron chi connectivity index (χ0n) is 16.6. The Morgan fingerprint density at radius 2 is 1.93 bits per heavy atom. The Hall–Kier alpha value is -3.04. The highest BCUT2D eigenvalue weighted by Crippen LogP contribution is 2.41. The molecule has 4 heterocycles. The van der Waals surface area contributed by atoms with Crippen LogP contribution in [0.3, 0.4) is 0 Å². The van der Waals surface area contributed by atoms with Gasteiger partial charge in [0.25, 0.3) is 5.56 Å². The molecule has 9 heteroatoms. The summed E-state index contributed by atoms with van der Waals surface area (Å²) in [6, 6.07) is 6.27. The Morgan fingerprint density at radius 1 is 1.20 bits per heavy atom. The number of pyridine rings is 2. The Kier molecular flexibility index (Phi) is 3.64. The highest BCUT2D eigenvalue weighted by molar-refractivity contribution is 8.02. The molecule has 0 saturated heterocycles. The highest BCUT2D eigenvalue weighted by Gasteiger charge is 2.43. The fraction of sp³-hybridized carbons (Fsp3) is 0.286. The molecule has 0 aliphatic carbocycles. The van der Waals surface area contributed by atoms with Gasteiger partial charge in [0.1, 0.15) is 12.4 Å². The SMILES string of the molecule is C[C@@]1(O)C(=O)OCc2c1cc1n(c2=O)Cc2c-1nc1ccc(O)cc1c2[SH](C)(C)=O. The largest absolute Gasteiger partial charge is 0.508 e. The zero-order chi connectivity index (χ0) is 21.6. The average Bonchev–Trinajstić information content (AvgIpc) is 3.01. The van der Waals surface area contributed by atoms with Gasteiger partial charge in [0.05, 0.1) is 29.0 Å². The molecular formula is C21H20N2O6S. The Morgan fingerprint density at radius 3 is 2.63 bits per heavy atom. The smallest absolute Gasteiger partial charge is 0.342 e. The molecule has 2 aliphatic rings. The van der Waals surface area contributed by atoms with Gasteiger partial charge in [0.2, 0.25) is 0 Å². The van der Waals surface area contributed by atoms with E-state index < -0.39 is 21.5 Å². The first-order valence-corrected chi connectivity index (χ1v) is 12.0. The molecule has 3 aromatic rings. The number of carbonyl (C=O) groups is 1. The van der Waals surface area contributed by atoms with Crippen LogP contribution in [0.15, 0.2) is 34.0 Å². The zero-order valence-corrected chi connectivity index (χ0v) is 17.5. The molecule has 0 saturated carbocycles. The van der Waals surface area contributed by atoms with E-state index in [1.54, 1.807) is 24.6 Å². The summed E-state index contributed by atoms with van der Waals surface area (Å²) < 4.78 is 19.7. The molecular weight excluding hydrogens is 408 g/mol. The summed E-state index contributed by atoms with van der Waals surface area (Å²) in [5, 5.41) is 21.2. The van der Waals surface area contributed by atoms with Gasteiger partial charge in [-0.3, -0.25) is 9.00 Å². The fourth-order valence-corrected chi connectivity index (χ4v) is 6.00. The molecule has 8 nitrogen and oxygen atoms in total. The van der Waals surface area contributed by atoms with Crippen molar-refractivity contribution in [3.63, 3.8) is 0 Å². The number of rotatable bonds is 1. The van der Waals surface area contributed by atoms with Gasteiger partial charge >= 0.3 is 5.97 Å². The number of cyclic esters (lactones) is 1. The minimum absolute atomic E-state index is 0.0359. The number of benzene rings is 1. The molecule has 0 radical (unpaired) electrons. The van der Waals surface area contributed by atoms with E-state index in [1.807, 2.05) is 0 Å². The maximum absolute atomic E-state index is 13.2. The topological polar surface area (TPSA) is 119 Å². The van der Waals surface area contributed by atoms with Crippen molar-refractivity contribution in [1.82, 2.24) is 9.55 Å². The number of aliphatic hydroxyl groups is 1. The summed E-state index contributed by atoms with van der Waals surface area (Å²) in [5.74, 6) is -0.777. The number of esters is 1. The van der Waals surface area contributed by atoms with Gasteiger partial charge in [0.15, 0.2) is 5.60 Å². The molecule has 0 unspecified atom stereocenters. The summed E-state index contributed by atoms with van der Waals surface area (Å²) in [4.78, 5) is 30.5. The standard InChI is InChI=1S/C21H20N2O6S/c1-21(27)14-7-16-17-12(8-23(16)19(25)13(14)9-29-20(21)26)18(30(2,3)28)11-6-10(24)4-5-15(11)22-17/h4-7,24,27,30H,8-9H2,1-3H3/t21-/m0/s1. The van der Waals surface area contributed by atoms with Crippen molar-refractivity contribution in [3.8, 4) is 17.1 Å². The second-order valence-corrected chi connectivity index (χ2v) is 11.5. The number of carbonyl (C=O) groups excluding carboxylic acids is 1. The number of nitrogens with zero attached hydrogens (tertiary/aromatic N) is 2. The Labute approximate surface area is 172 Å². The summed E-state index contributed by atoms with van der Waals surface area (Å²) in [7, 11) is -2.82. The molecule has 0 fully saturated rings. The van der Waals surface area contributed by atoms with Gasteiger partial charge in [-0.2, -0.15) is 0 Å². The minimum Gasteiger partial charge on any atom is -0.508 e. The first-order chi connectivity index (χ1) is 14.0. The highest BCUT2D eigenvalue weighted by atomic mass is 32.2. The second kappa shape index (κ2) is 5.77. The van der Waals surface area contributed by atoms with Crippen LogP contribution in [0, 0.1) is 0 Å². The minimum atomic E-state index is -2.82. The van der Waals surface area contributed by atoms with Gasteiger partial charge < -0.3 is 19.5 Å². The van der Waals surface area contributed by atoms with E-state index in [-0.39, 0.29) is 35.6 Å². The van der Waals surface area contributed by atoms with Crippen LogP contribution in [-0.2, 0) is 38.2 Å². The normalized spacial score (nSPS) is 20.5. The molecule has 2 aliphatic heterocycles. The molecule has 0 amide bonds. The lowest BCUT2D eigenvalue weighted by Crippen LogP contribution is -2.42. The summed E-state index contributed by atoms with van der Waals surface area (Å²) >= 11 is 0. The summed E-state index contributed by atoms with van der Waals surface area (Å²) in [6.07, 6.45) is 3.28. The van der Waals surface area contributed by atoms with E-state index in [2.05, 4.69) is 4.98 Å². The number of thiol groups is 1. The molecule has 5 rings (SSSR count). The van der Waals surface area contributed by atoms with Crippen LogP contribution in [0.25, 0.3) is 22.3 Å². The number of hydrogen-bond acceptors (Lipinski definition) is 7. The van der Waals surface area contributed by atoms with Crippen LogP contribution in [0.5, 0.6) is 5.75 Å². The number of aromatic nitrogens is 2. The molecule has 156 valence electrons. The van der Waals surface area contributed by atoms with Gasteiger partial charge in [-0.1, -0.05) is 9.93 Å². The van der Waals surface area contributed by atoms with Crippen LogP contribution in [0.4, 0.5) is 0 Å². The molecule has 2 N–H and O–H groups in total. The molecule has 1 atom stereocenters. The number of ether oxygens (including phenoxy) is 1. The lowest BCUT2D eigenvalue weighted by Gasteiger charge is -2.29. The van der Waals surface area contributed by atoms with Gasteiger partial charge in [-0.25, -0.2) is 9.78 Å². The van der Waals surface area contributed by atoms with E-state index >= 15 is 0 Å². The quantitative estimate of drug-likeness (QED) is 0.306. The predicted molar refractivity (Wildman–Crippen MR) is 111 cm³/mol. The number of hydrogen-bond donors (Lipinski definition) is 3. The van der Waals surface area contributed by atoms with Crippen molar-refractivity contribution in [2.45, 2.75) is 30.6 Å². The maximum Gasteiger partial charge on any atom is 0.342 e. The second-order valence-electron chi connectivity index (χ2n) is 8.30. The van der Waals surface area contributed by atoms with Gasteiger partial charge in [-0.15, -0.1) is 0 Å². The number of fused-ring (bicyclic) bond motifs is 5. The number of phenols is 1. The van der Waals surface area contributed by atoms with Crippen molar-refractivity contribution in [1.29, 1.82) is 0 Å². The van der Waals surface area contributed by atoms with Crippen molar-refractivity contribution in [2.75, 3.05) is 12.5 Å². The van der Waals surface area contributed by atoms with Gasteiger partial charge in [0, 0.05) is 21.4 Å². The van der Waals surface area contributed by atoms with Gasteiger partial charge in [-0.05, 0) is 43.7 Å². The summed E-state index contributed by atoms with van der Waals surface area (Å²) in [6.45, 7) is 1.25. The molecule has 0 spiro atoms. The van der Waals surface area contributed by atoms with Crippen LogP contribution >= 0.6 is 0 Å². The van der Waals surface area contributed by atoms with Crippen molar-refractivity contribution in [3.05, 3.63) is 51.3 Å². The summed E-state index contributed by atoms with van der Waals surface area (Å²) in [5.41, 5.74) is 0.220. The van der Waals surface area contributed by atoms with E-state index in [1.165, 1.54) is 23.6 Å². The van der Waals surface area contributed by atoms with E-state index in [0.29, 0.717) is 32.7 Å². The monoisotopic (exact) mass is 428 g/mol. The molecule has 30 heavy (non-hydrogen) atoms. The van der Waals surface area contributed by atoms with E-state index in [9.17, 15) is 24.0 Å². The van der Waals surface area contributed by atoms with Crippen LogP contribution in [-0.4, -0.2) is 42.5 Å². The van der Waals surface area contributed by atoms with Crippen LogP contribution in [0.1, 0.15) is 23.6 Å². The molecule has 0 bridgehead atoms. The number of phenolic OH excluding ortho intramolecular Hbond substituents is 1. The number of aromatic hydroxyl groups is 1. The maximum atomic E-state index is 13.2. The Balaban J connectivity index is 1.89. The Bertz CT molecular complexity index is 1400. The first-order valence-electron chi connectivity index (χ1n) is 9.38. The van der Waals surface area contributed by atoms with Crippen LogP contribution < -0.4 is 5.56 Å². The molecule has 1 aromatic carbocycles. The average molecular weight is 428 g/mol. The predicted octanol–water partition coefficient (Wildman–Crippen LogP) is 1.03. The lowest BCUT2D eigenvalue weighted by atomic mass is 9.90. The third-order valence-corrected chi connectivity index (χ3v) is 7.39. The van der Waals surface area contributed by atoms with Crippen molar-refractivity contribution < 1.29 is 24.0 Å². The third-order valence-electron chi connectivity index (χ3n) is 5.81. The first kappa shape index (κ1) is 19.0. The van der Waals surface area contributed by atoms with E-state index in [0.717, 1.165) is 0 Å². The lowest BCUT2D eigenvalue weighted by molar-refractivity contribution is -0.169. The fourth-order valence-electron chi connectivity index (χ4n) is 4.41. The van der Waals surface area contributed by atoms with Crippen molar-refractivity contribution in [2.24, 2.45) is 0 Å². The van der Waals surface area contributed by atoms with Crippen LogP contribution in [0.2, 0.25) is 0 Å². The van der Waals surface area contributed by atoms with E-state index in [4.69, 9.17) is 4.74 Å².